The highest BCUT2D eigenvalue weighted by molar-refractivity contribution is 6.08. The van der Waals surface area contributed by atoms with E-state index in [1.165, 1.54) is 66.4 Å². The predicted molar refractivity (Wildman–Crippen MR) is 227 cm³/mol. The number of rotatable bonds is 7. The lowest BCUT2D eigenvalue weighted by atomic mass is 9.67. The Kier molecular flexibility index (Phi) is 7.78. The van der Waals surface area contributed by atoms with Gasteiger partial charge in [0, 0.05) is 16.9 Å². The van der Waals surface area contributed by atoms with E-state index in [0.717, 1.165) is 17.1 Å². The summed E-state index contributed by atoms with van der Waals surface area (Å²) >= 11 is 0. The predicted octanol–water partition coefficient (Wildman–Crippen LogP) is 14.0. The molecule has 1 heteroatoms. The third-order valence-corrected chi connectivity index (χ3v) is 11.1. The Balaban J connectivity index is 1.27. The molecule has 0 fully saturated rings. The van der Waals surface area contributed by atoms with Crippen molar-refractivity contribution in [2.45, 2.75) is 5.41 Å². The van der Waals surface area contributed by atoms with Crippen LogP contribution in [0.25, 0.3) is 44.2 Å². The van der Waals surface area contributed by atoms with Crippen LogP contribution in [-0.2, 0) is 5.41 Å². The number of hydrogen-bond donors (Lipinski definition) is 0. The molecule has 0 bridgehead atoms. The van der Waals surface area contributed by atoms with Crippen molar-refractivity contribution in [3.63, 3.8) is 0 Å². The van der Waals surface area contributed by atoms with Crippen LogP contribution in [0.5, 0.6) is 0 Å². The zero-order valence-corrected chi connectivity index (χ0v) is 29.8. The third kappa shape index (κ3) is 5.09. The Morgan fingerprint density at radius 3 is 1.28 bits per heavy atom. The van der Waals surface area contributed by atoms with Gasteiger partial charge in [0.1, 0.15) is 0 Å². The Morgan fingerprint density at radius 1 is 0.296 bits per heavy atom. The standard InChI is InChI=1S/C53H37N/c1-5-16-38(17-6-1)40-28-33-45(34-29-40)54(46-35-30-41(31-36-46)39-18-7-2-8-19-39)50-27-15-26-48-52(50)51-47-25-14-13-20-42(47)32-37-49(51)53(48,43-21-9-3-10-22-43)44-23-11-4-12-24-44/h1-37H. The number of benzene rings is 9. The molecule has 0 N–H and O–H groups in total. The molecule has 0 spiro atoms. The van der Waals surface area contributed by atoms with Crippen molar-refractivity contribution in [3.8, 4) is 33.4 Å². The molecule has 0 radical (unpaired) electrons. The van der Waals surface area contributed by atoms with Gasteiger partial charge in [0.15, 0.2) is 0 Å². The molecule has 1 aliphatic rings. The van der Waals surface area contributed by atoms with Crippen LogP contribution in [0.3, 0.4) is 0 Å². The van der Waals surface area contributed by atoms with E-state index in [4.69, 9.17) is 0 Å². The Bertz CT molecular complexity index is 2600. The van der Waals surface area contributed by atoms with Crippen LogP contribution in [0.15, 0.2) is 224 Å². The molecule has 9 aromatic carbocycles. The first kappa shape index (κ1) is 31.7. The first-order valence-corrected chi connectivity index (χ1v) is 18.7. The molecule has 0 amide bonds. The quantitative estimate of drug-likeness (QED) is 0.161. The summed E-state index contributed by atoms with van der Waals surface area (Å²) in [6, 6.07) is 82.0. The van der Waals surface area contributed by atoms with E-state index >= 15 is 0 Å². The zero-order valence-electron chi connectivity index (χ0n) is 29.8. The highest BCUT2D eigenvalue weighted by Gasteiger charge is 2.48. The molecule has 0 saturated carbocycles. The van der Waals surface area contributed by atoms with Crippen LogP contribution in [0.1, 0.15) is 22.3 Å². The van der Waals surface area contributed by atoms with Gasteiger partial charge in [0.05, 0.1) is 11.1 Å². The number of nitrogens with zero attached hydrogens (tertiary/aromatic N) is 1. The molecule has 0 heterocycles. The number of hydrogen-bond acceptors (Lipinski definition) is 1. The zero-order chi connectivity index (χ0) is 35.9. The van der Waals surface area contributed by atoms with Gasteiger partial charge in [-0.1, -0.05) is 194 Å². The maximum atomic E-state index is 2.46. The van der Waals surface area contributed by atoms with Crippen LogP contribution < -0.4 is 4.90 Å². The SMILES string of the molecule is c1ccc(-c2ccc(N(c3ccc(-c4ccccc4)cc3)c3cccc4c3-c3c(ccc5ccccc35)C4(c3ccccc3)c3ccccc3)cc2)cc1. The van der Waals surface area contributed by atoms with Crippen molar-refractivity contribution in [1.29, 1.82) is 0 Å². The second-order valence-electron chi connectivity index (χ2n) is 14.1. The summed E-state index contributed by atoms with van der Waals surface area (Å²) in [5, 5.41) is 2.50. The largest absolute Gasteiger partial charge is 0.310 e. The average molecular weight is 688 g/mol. The monoisotopic (exact) mass is 687 g/mol. The van der Waals surface area contributed by atoms with Crippen molar-refractivity contribution in [2.75, 3.05) is 4.90 Å². The van der Waals surface area contributed by atoms with Crippen molar-refractivity contribution < 1.29 is 0 Å². The van der Waals surface area contributed by atoms with Crippen molar-refractivity contribution in [2.24, 2.45) is 0 Å². The van der Waals surface area contributed by atoms with E-state index in [-0.39, 0.29) is 0 Å². The van der Waals surface area contributed by atoms with Gasteiger partial charge in [-0.2, -0.15) is 0 Å². The molecule has 0 atom stereocenters. The fourth-order valence-electron chi connectivity index (χ4n) is 8.76. The normalized spacial score (nSPS) is 12.6. The molecule has 0 saturated heterocycles. The smallest absolute Gasteiger partial charge is 0.0714 e. The maximum absolute atomic E-state index is 2.46. The second kappa shape index (κ2) is 13.2. The fraction of sp³-hybridized carbons (Fsp3) is 0.0189. The molecule has 0 aromatic heterocycles. The second-order valence-corrected chi connectivity index (χ2v) is 14.1. The highest BCUT2D eigenvalue weighted by Crippen LogP contribution is 2.61. The van der Waals surface area contributed by atoms with E-state index in [2.05, 4.69) is 229 Å². The lowest BCUT2D eigenvalue weighted by Gasteiger charge is -2.34. The van der Waals surface area contributed by atoms with Gasteiger partial charge >= 0.3 is 0 Å². The lowest BCUT2D eigenvalue weighted by molar-refractivity contribution is 0.769. The first-order chi connectivity index (χ1) is 26.8. The van der Waals surface area contributed by atoms with E-state index < -0.39 is 5.41 Å². The van der Waals surface area contributed by atoms with Gasteiger partial charge in [0.25, 0.3) is 0 Å². The van der Waals surface area contributed by atoms with Crippen LogP contribution in [0.2, 0.25) is 0 Å². The van der Waals surface area contributed by atoms with E-state index in [1.807, 2.05) is 0 Å². The Hall–Kier alpha value is -6.96. The van der Waals surface area contributed by atoms with Gasteiger partial charge in [0.2, 0.25) is 0 Å². The summed E-state index contributed by atoms with van der Waals surface area (Å²) in [7, 11) is 0. The molecule has 254 valence electrons. The third-order valence-electron chi connectivity index (χ3n) is 11.1. The van der Waals surface area contributed by atoms with Crippen molar-refractivity contribution >= 4 is 27.8 Å². The van der Waals surface area contributed by atoms with Crippen LogP contribution in [-0.4, -0.2) is 0 Å². The maximum Gasteiger partial charge on any atom is 0.0714 e. The summed E-state index contributed by atoms with van der Waals surface area (Å²) in [6.45, 7) is 0. The highest BCUT2D eigenvalue weighted by atomic mass is 15.1. The molecule has 1 nitrogen and oxygen atoms in total. The molecule has 0 unspecified atom stereocenters. The molecule has 54 heavy (non-hydrogen) atoms. The Morgan fingerprint density at radius 2 is 0.741 bits per heavy atom. The van der Waals surface area contributed by atoms with Crippen molar-refractivity contribution in [1.82, 2.24) is 0 Å². The van der Waals surface area contributed by atoms with Gasteiger partial charge in [-0.05, 0) is 91.2 Å². The van der Waals surface area contributed by atoms with Crippen molar-refractivity contribution in [3.05, 3.63) is 247 Å². The van der Waals surface area contributed by atoms with Gasteiger partial charge in [-0.25, -0.2) is 0 Å². The van der Waals surface area contributed by atoms with Crippen LogP contribution in [0, 0.1) is 0 Å². The van der Waals surface area contributed by atoms with E-state index in [0.29, 0.717) is 0 Å². The topological polar surface area (TPSA) is 3.24 Å². The fourth-order valence-corrected chi connectivity index (χ4v) is 8.76. The lowest BCUT2D eigenvalue weighted by Crippen LogP contribution is -2.28. The number of fused-ring (bicyclic) bond motifs is 5. The minimum Gasteiger partial charge on any atom is -0.310 e. The molecular formula is C53H37N. The Labute approximate surface area is 317 Å². The van der Waals surface area contributed by atoms with Gasteiger partial charge in [-0.15, -0.1) is 0 Å². The average Bonchev–Trinajstić information content (AvgIpc) is 3.58. The summed E-state index contributed by atoms with van der Waals surface area (Å²) in [5.41, 5.74) is 15.3. The van der Waals surface area contributed by atoms with Gasteiger partial charge < -0.3 is 4.90 Å². The summed E-state index contributed by atoms with van der Waals surface area (Å²) < 4.78 is 0. The van der Waals surface area contributed by atoms with Crippen LogP contribution >= 0.6 is 0 Å². The molecular weight excluding hydrogens is 651 g/mol. The van der Waals surface area contributed by atoms with E-state index in [1.54, 1.807) is 0 Å². The minimum atomic E-state index is -0.521. The van der Waals surface area contributed by atoms with Gasteiger partial charge in [-0.3, -0.25) is 0 Å². The van der Waals surface area contributed by atoms with Crippen LogP contribution in [0.4, 0.5) is 17.1 Å². The summed E-state index contributed by atoms with van der Waals surface area (Å²) in [4.78, 5) is 2.46. The summed E-state index contributed by atoms with van der Waals surface area (Å²) in [6.07, 6.45) is 0. The molecule has 1 aliphatic carbocycles. The first-order valence-electron chi connectivity index (χ1n) is 18.7. The minimum absolute atomic E-state index is 0.521. The van der Waals surface area contributed by atoms with E-state index in [9.17, 15) is 0 Å². The molecule has 0 aliphatic heterocycles. The summed E-state index contributed by atoms with van der Waals surface area (Å²) in [5.74, 6) is 0. The number of anilines is 3. The molecule has 9 aromatic rings. The molecule has 10 rings (SSSR count).